The van der Waals surface area contributed by atoms with Gasteiger partial charge in [-0.05, 0) is 12.0 Å². The number of amides is 2. The van der Waals surface area contributed by atoms with Crippen molar-refractivity contribution in [2.75, 3.05) is 44.2 Å². The van der Waals surface area contributed by atoms with Gasteiger partial charge in [0, 0.05) is 50.7 Å². The van der Waals surface area contributed by atoms with E-state index in [2.05, 4.69) is 10.2 Å². The average molecular weight is 378 g/mol. The summed E-state index contributed by atoms with van der Waals surface area (Å²) in [5.74, 6) is 2.05. The first kappa shape index (κ1) is 19.2. The lowest BCUT2D eigenvalue weighted by molar-refractivity contribution is -0.129. The molecule has 3 rings (SSSR count). The Morgan fingerprint density at radius 3 is 2.58 bits per heavy atom. The van der Waals surface area contributed by atoms with Gasteiger partial charge in [-0.15, -0.1) is 0 Å². The Morgan fingerprint density at radius 2 is 1.92 bits per heavy atom. The van der Waals surface area contributed by atoms with Crippen LogP contribution in [0.15, 0.2) is 30.3 Å². The highest BCUT2D eigenvalue weighted by molar-refractivity contribution is 7.99. The lowest BCUT2D eigenvalue weighted by Gasteiger charge is -2.34. The minimum absolute atomic E-state index is 0.0864. The first-order valence-electron chi connectivity index (χ1n) is 9.25. The van der Waals surface area contributed by atoms with E-state index < -0.39 is 6.10 Å². The number of hydrogen-bond donors (Lipinski definition) is 2. The Hall–Kier alpha value is -1.57. The molecule has 0 aliphatic carbocycles. The fourth-order valence-corrected chi connectivity index (χ4v) is 4.46. The van der Waals surface area contributed by atoms with Gasteiger partial charge in [0.05, 0.1) is 6.10 Å². The SMILES string of the molecule is O=C(NCC(O)CN1CCCC1=O)C(c1ccccc1)N1CCSCC1. The highest BCUT2D eigenvalue weighted by Crippen LogP contribution is 2.24. The molecular formula is C19H27N3O3S. The lowest BCUT2D eigenvalue weighted by Crippen LogP contribution is -2.47. The third-order valence-corrected chi connectivity index (χ3v) is 5.83. The van der Waals surface area contributed by atoms with Crippen LogP contribution in [-0.2, 0) is 9.59 Å². The van der Waals surface area contributed by atoms with E-state index in [0.29, 0.717) is 13.0 Å². The lowest BCUT2D eigenvalue weighted by atomic mass is 10.0. The summed E-state index contributed by atoms with van der Waals surface area (Å²) in [6.45, 7) is 2.90. The minimum Gasteiger partial charge on any atom is -0.389 e. The molecule has 0 bridgehead atoms. The van der Waals surface area contributed by atoms with Gasteiger partial charge >= 0.3 is 0 Å². The van der Waals surface area contributed by atoms with Gasteiger partial charge in [-0.1, -0.05) is 30.3 Å². The molecule has 0 saturated carbocycles. The number of nitrogens with one attached hydrogen (secondary N) is 1. The number of aliphatic hydroxyl groups excluding tert-OH is 1. The molecule has 0 radical (unpaired) electrons. The summed E-state index contributed by atoms with van der Waals surface area (Å²) < 4.78 is 0. The number of hydrogen-bond acceptors (Lipinski definition) is 5. The van der Waals surface area contributed by atoms with E-state index in [-0.39, 0.29) is 30.9 Å². The molecule has 26 heavy (non-hydrogen) atoms. The maximum Gasteiger partial charge on any atom is 0.242 e. The van der Waals surface area contributed by atoms with Crippen LogP contribution >= 0.6 is 11.8 Å². The molecule has 2 saturated heterocycles. The zero-order valence-corrected chi connectivity index (χ0v) is 15.8. The molecule has 7 heteroatoms. The zero-order valence-electron chi connectivity index (χ0n) is 15.0. The number of nitrogens with zero attached hydrogens (tertiary/aromatic N) is 2. The first-order chi connectivity index (χ1) is 12.6. The van der Waals surface area contributed by atoms with Gasteiger partial charge in [0.25, 0.3) is 0 Å². The van der Waals surface area contributed by atoms with Crippen LogP contribution in [0.3, 0.4) is 0 Å². The topological polar surface area (TPSA) is 72.9 Å². The molecule has 142 valence electrons. The van der Waals surface area contributed by atoms with E-state index in [0.717, 1.165) is 36.6 Å². The van der Waals surface area contributed by atoms with E-state index in [1.807, 2.05) is 42.1 Å². The number of rotatable bonds is 7. The Morgan fingerprint density at radius 1 is 1.19 bits per heavy atom. The van der Waals surface area contributed by atoms with Crippen molar-refractivity contribution in [1.82, 2.24) is 15.1 Å². The Kier molecular flexibility index (Phi) is 6.93. The van der Waals surface area contributed by atoms with E-state index in [1.165, 1.54) is 0 Å². The Balaban J connectivity index is 1.59. The maximum atomic E-state index is 12.9. The number of benzene rings is 1. The van der Waals surface area contributed by atoms with Crippen LogP contribution < -0.4 is 5.32 Å². The quantitative estimate of drug-likeness (QED) is 0.738. The number of likely N-dealkylation sites (tertiary alicyclic amines) is 1. The number of carbonyl (C=O) groups excluding carboxylic acids is 2. The minimum atomic E-state index is -0.741. The average Bonchev–Trinajstić information content (AvgIpc) is 3.07. The molecule has 0 spiro atoms. The van der Waals surface area contributed by atoms with Crippen molar-refractivity contribution in [3.05, 3.63) is 35.9 Å². The molecule has 0 aromatic heterocycles. The summed E-state index contributed by atoms with van der Waals surface area (Å²) in [5, 5.41) is 13.1. The van der Waals surface area contributed by atoms with Gasteiger partial charge in [-0.25, -0.2) is 0 Å². The zero-order chi connectivity index (χ0) is 18.4. The van der Waals surface area contributed by atoms with Gasteiger partial charge in [0.15, 0.2) is 0 Å². The summed E-state index contributed by atoms with van der Waals surface area (Å²) in [7, 11) is 0. The van der Waals surface area contributed by atoms with Crippen molar-refractivity contribution in [2.24, 2.45) is 0 Å². The Labute approximate surface area is 158 Å². The molecule has 2 heterocycles. The van der Waals surface area contributed by atoms with Gasteiger partial charge in [-0.3, -0.25) is 14.5 Å². The smallest absolute Gasteiger partial charge is 0.242 e. The van der Waals surface area contributed by atoms with Crippen molar-refractivity contribution in [3.8, 4) is 0 Å². The second-order valence-corrected chi connectivity index (χ2v) is 8.03. The normalized spacial score (nSPS) is 20.8. The molecule has 2 unspecified atom stereocenters. The number of β-amino-alcohol motifs (C(OH)–C–C–N with tert-alkyl or cyclic N) is 1. The second-order valence-electron chi connectivity index (χ2n) is 6.80. The highest BCUT2D eigenvalue weighted by atomic mass is 32.2. The number of carbonyl (C=O) groups is 2. The van der Waals surface area contributed by atoms with E-state index in [1.54, 1.807) is 4.90 Å². The van der Waals surface area contributed by atoms with Crippen LogP contribution in [0.2, 0.25) is 0 Å². The Bertz CT molecular complexity index is 607. The van der Waals surface area contributed by atoms with E-state index in [4.69, 9.17) is 0 Å². The monoisotopic (exact) mass is 377 g/mol. The van der Waals surface area contributed by atoms with Crippen LogP contribution in [0.25, 0.3) is 0 Å². The largest absolute Gasteiger partial charge is 0.389 e. The predicted molar refractivity (Wildman–Crippen MR) is 103 cm³/mol. The first-order valence-corrected chi connectivity index (χ1v) is 10.4. The molecule has 2 N–H and O–H groups in total. The molecule has 2 aliphatic rings. The van der Waals surface area contributed by atoms with Gasteiger partial charge in [0.2, 0.25) is 11.8 Å². The van der Waals surface area contributed by atoms with Gasteiger partial charge in [-0.2, -0.15) is 11.8 Å². The van der Waals surface area contributed by atoms with Crippen molar-refractivity contribution < 1.29 is 14.7 Å². The molecule has 2 fully saturated rings. The van der Waals surface area contributed by atoms with Crippen molar-refractivity contribution >= 4 is 23.6 Å². The summed E-state index contributed by atoms with van der Waals surface area (Å²) in [6.07, 6.45) is 0.664. The molecule has 1 aromatic rings. The molecule has 1 aromatic carbocycles. The summed E-state index contributed by atoms with van der Waals surface area (Å²) in [5.41, 5.74) is 0.973. The molecule has 2 aliphatic heterocycles. The fourth-order valence-electron chi connectivity index (χ4n) is 3.53. The summed E-state index contributed by atoms with van der Waals surface area (Å²) in [4.78, 5) is 28.4. The molecular weight excluding hydrogens is 350 g/mol. The molecule has 2 amide bonds. The summed E-state index contributed by atoms with van der Waals surface area (Å²) >= 11 is 1.91. The van der Waals surface area contributed by atoms with E-state index >= 15 is 0 Å². The standard InChI is InChI=1S/C19H27N3O3S/c23-16(14-22-8-4-7-17(22)24)13-20-19(25)18(15-5-2-1-3-6-15)21-9-11-26-12-10-21/h1-3,5-6,16,18,23H,4,7-14H2,(H,20,25). The third kappa shape index (κ3) is 4.99. The van der Waals surface area contributed by atoms with Gasteiger partial charge < -0.3 is 15.3 Å². The molecule has 6 nitrogen and oxygen atoms in total. The van der Waals surface area contributed by atoms with Crippen molar-refractivity contribution in [1.29, 1.82) is 0 Å². The van der Waals surface area contributed by atoms with Crippen LogP contribution in [0, 0.1) is 0 Å². The van der Waals surface area contributed by atoms with Crippen molar-refractivity contribution in [3.63, 3.8) is 0 Å². The summed E-state index contributed by atoms with van der Waals surface area (Å²) in [6, 6.07) is 9.46. The highest BCUT2D eigenvalue weighted by Gasteiger charge is 2.29. The van der Waals surface area contributed by atoms with Crippen LogP contribution in [0.5, 0.6) is 0 Å². The predicted octanol–water partition coefficient (Wildman–Crippen LogP) is 0.876. The van der Waals surface area contributed by atoms with Gasteiger partial charge in [0.1, 0.15) is 6.04 Å². The van der Waals surface area contributed by atoms with Crippen LogP contribution in [0.1, 0.15) is 24.4 Å². The van der Waals surface area contributed by atoms with Crippen LogP contribution in [0.4, 0.5) is 0 Å². The number of thioether (sulfide) groups is 1. The van der Waals surface area contributed by atoms with Crippen LogP contribution in [-0.4, -0.2) is 77.1 Å². The third-order valence-electron chi connectivity index (χ3n) is 4.89. The van der Waals surface area contributed by atoms with E-state index in [9.17, 15) is 14.7 Å². The number of aliphatic hydroxyl groups is 1. The molecule has 2 atom stereocenters. The fraction of sp³-hybridized carbons (Fsp3) is 0.579. The second kappa shape index (κ2) is 9.39. The van der Waals surface area contributed by atoms with Crippen molar-refractivity contribution in [2.45, 2.75) is 25.0 Å². The maximum absolute atomic E-state index is 12.9.